The first-order valence-electron chi connectivity index (χ1n) is 9.71. The lowest BCUT2D eigenvalue weighted by Crippen LogP contribution is -2.42. The molecule has 2 aromatic heterocycles. The fraction of sp³-hybridized carbons (Fsp3) is 0.318. The molecule has 9 heteroatoms. The third kappa shape index (κ3) is 5.49. The number of nitrogens with one attached hydrogen (secondary N) is 1. The number of hydrogen-bond donors (Lipinski definition) is 2. The number of hydrogen-bond acceptors (Lipinski definition) is 8. The van der Waals surface area contributed by atoms with Crippen LogP contribution in [0.25, 0.3) is 11.0 Å². The van der Waals surface area contributed by atoms with Gasteiger partial charge in [0, 0.05) is 23.1 Å². The van der Waals surface area contributed by atoms with E-state index in [4.69, 9.17) is 13.6 Å². The van der Waals surface area contributed by atoms with Gasteiger partial charge in [0.05, 0.1) is 6.26 Å². The van der Waals surface area contributed by atoms with Crippen molar-refractivity contribution in [3.63, 3.8) is 0 Å². The van der Waals surface area contributed by atoms with E-state index in [1.165, 1.54) is 36.2 Å². The third-order valence-electron chi connectivity index (χ3n) is 4.73. The summed E-state index contributed by atoms with van der Waals surface area (Å²) in [6.07, 6.45) is 4.22. The monoisotopic (exact) mass is 445 g/mol. The minimum absolute atomic E-state index is 0.0325. The van der Waals surface area contributed by atoms with Crippen LogP contribution in [0, 0.1) is 0 Å². The fourth-order valence-corrected chi connectivity index (χ4v) is 3.55. The van der Waals surface area contributed by atoms with Gasteiger partial charge in [-0.3, -0.25) is 4.79 Å². The largest absolute Gasteiger partial charge is 0.508 e. The highest BCUT2D eigenvalue weighted by atomic mass is 32.2. The van der Waals surface area contributed by atoms with Crippen LogP contribution < -0.4 is 10.9 Å². The standard InChI is InChI=1S/C22H23NO7S/c1-3-13-9-15-14(10-20(25)30-19(15)11-17(13)24)12-29-22(27)16(6-8-31-2)23-21(26)18-5-4-7-28-18/h4-5,7,9-11,16,24H,3,6,8,12H2,1-2H3,(H,23,26). The number of aromatic hydroxyl groups is 1. The summed E-state index contributed by atoms with van der Waals surface area (Å²) in [7, 11) is 0. The summed E-state index contributed by atoms with van der Waals surface area (Å²) in [5.74, 6) is -0.368. The van der Waals surface area contributed by atoms with Crippen molar-refractivity contribution in [2.45, 2.75) is 32.4 Å². The van der Waals surface area contributed by atoms with Crippen LogP contribution in [0.5, 0.6) is 5.75 Å². The number of esters is 1. The van der Waals surface area contributed by atoms with Crippen LogP contribution >= 0.6 is 11.8 Å². The maximum atomic E-state index is 12.7. The van der Waals surface area contributed by atoms with Gasteiger partial charge in [-0.05, 0) is 48.6 Å². The quantitative estimate of drug-likeness (QED) is 0.381. The average Bonchev–Trinajstić information content (AvgIpc) is 3.29. The highest BCUT2D eigenvalue weighted by Gasteiger charge is 2.24. The van der Waals surface area contributed by atoms with Crippen LogP contribution in [0.3, 0.4) is 0 Å². The van der Waals surface area contributed by atoms with Gasteiger partial charge in [0.15, 0.2) is 5.76 Å². The maximum absolute atomic E-state index is 12.7. The van der Waals surface area contributed by atoms with Crippen molar-refractivity contribution in [3.05, 3.63) is 63.9 Å². The predicted molar refractivity (Wildman–Crippen MR) is 116 cm³/mol. The molecule has 0 aliphatic carbocycles. The number of carbonyl (C=O) groups excluding carboxylic acids is 2. The number of amides is 1. The molecule has 3 aromatic rings. The molecule has 2 heterocycles. The molecule has 0 fully saturated rings. The van der Waals surface area contributed by atoms with Gasteiger partial charge in [-0.25, -0.2) is 9.59 Å². The predicted octanol–water partition coefficient (Wildman–Crippen LogP) is 3.25. The Bertz CT molecular complexity index is 1120. The lowest BCUT2D eigenvalue weighted by atomic mass is 10.0. The van der Waals surface area contributed by atoms with Gasteiger partial charge in [-0.1, -0.05) is 6.92 Å². The molecule has 0 aliphatic rings. The molecule has 3 rings (SSSR count). The normalized spacial score (nSPS) is 11.9. The number of benzene rings is 1. The van der Waals surface area contributed by atoms with Crippen molar-refractivity contribution in [2.24, 2.45) is 0 Å². The van der Waals surface area contributed by atoms with E-state index in [0.717, 1.165) is 0 Å². The molecular weight excluding hydrogens is 422 g/mol. The highest BCUT2D eigenvalue weighted by molar-refractivity contribution is 7.98. The van der Waals surface area contributed by atoms with E-state index in [1.54, 1.807) is 12.1 Å². The Kier molecular flexibility index (Phi) is 7.41. The molecule has 164 valence electrons. The minimum Gasteiger partial charge on any atom is -0.508 e. The zero-order valence-corrected chi connectivity index (χ0v) is 18.0. The summed E-state index contributed by atoms with van der Waals surface area (Å²) in [6.45, 7) is 1.71. The molecule has 1 atom stereocenters. The van der Waals surface area contributed by atoms with Crippen LogP contribution in [0.4, 0.5) is 0 Å². The molecule has 2 N–H and O–H groups in total. The number of carbonyl (C=O) groups is 2. The van der Waals surface area contributed by atoms with Crippen LogP contribution in [0.15, 0.2) is 50.2 Å². The van der Waals surface area contributed by atoms with Crippen molar-refractivity contribution in [2.75, 3.05) is 12.0 Å². The lowest BCUT2D eigenvalue weighted by Gasteiger charge is -2.17. The average molecular weight is 445 g/mol. The summed E-state index contributed by atoms with van der Waals surface area (Å²) >= 11 is 1.54. The van der Waals surface area contributed by atoms with E-state index in [1.807, 2.05) is 13.2 Å². The van der Waals surface area contributed by atoms with Crippen molar-refractivity contribution in [1.29, 1.82) is 0 Å². The Balaban J connectivity index is 1.78. The molecule has 8 nitrogen and oxygen atoms in total. The van der Waals surface area contributed by atoms with Gasteiger partial charge in [0.1, 0.15) is 24.0 Å². The Morgan fingerprint density at radius 2 is 2.06 bits per heavy atom. The summed E-state index contributed by atoms with van der Waals surface area (Å²) in [5.41, 5.74) is 0.721. The number of rotatable bonds is 9. The molecule has 1 unspecified atom stereocenters. The van der Waals surface area contributed by atoms with E-state index < -0.39 is 23.5 Å². The number of fused-ring (bicyclic) bond motifs is 1. The van der Waals surface area contributed by atoms with Gasteiger partial charge in [0.2, 0.25) is 0 Å². The Morgan fingerprint density at radius 3 is 2.74 bits per heavy atom. The zero-order valence-electron chi connectivity index (χ0n) is 17.2. The maximum Gasteiger partial charge on any atom is 0.336 e. The number of phenolic OH excluding ortho intramolecular Hbond substituents is 1. The first-order chi connectivity index (χ1) is 14.9. The minimum atomic E-state index is -0.869. The summed E-state index contributed by atoms with van der Waals surface area (Å²) in [4.78, 5) is 36.9. The molecule has 31 heavy (non-hydrogen) atoms. The molecular formula is C22H23NO7S. The van der Waals surface area contributed by atoms with E-state index in [-0.39, 0.29) is 23.7 Å². The topological polar surface area (TPSA) is 119 Å². The molecule has 0 aliphatic heterocycles. The smallest absolute Gasteiger partial charge is 0.336 e. The van der Waals surface area contributed by atoms with Crippen molar-refractivity contribution >= 4 is 34.6 Å². The first kappa shape index (κ1) is 22.5. The second-order valence-corrected chi connectivity index (χ2v) is 7.80. The van der Waals surface area contributed by atoms with E-state index in [2.05, 4.69) is 5.32 Å². The third-order valence-corrected chi connectivity index (χ3v) is 5.37. The summed E-state index contributed by atoms with van der Waals surface area (Å²) in [6, 6.07) is 6.56. The van der Waals surface area contributed by atoms with Crippen LogP contribution in [0.2, 0.25) is 0 Å². The molecule has 0 saturated heterocycles. The van der Waals surface area contributed by atoms with Crippen LogP contribution in [-0.4, -0.2) is 35.0 Å². The zero-order chi connectivity index (χ0) is 22.4. The van der Waals surface area contributed by atoms with Crippen LogP contribution in [0.1, 0.15) is 35.0 Å². The lowest BCUT2D eigenvalue weighted by molar-refractivity contribution is -0.147. The first-order valence-corrected chi connectivity index (χ1v) is 11.1. The number of ether oxygens (including phenoxy) is 1. The second-order valence-electron chi connectivity index (χ2n) is 6.81. The van der Waals surface area contributed by atoms with E-state index >= 15 is 0 Å². The van der Waals surface area contributed by atoms with Gasteiger partial charge < -0.3 is 24.0 Å². The van der Waals surface area contributed by atoms with E-state index in [0.29, 0.717) is 35.1 Å². The Hall–Kier alpha value is -3.20. The molecule has 0 radical (unpaired) electrons. The Morgan fingerprint density at radius 1 is 1.26 bits per heavy atom. The second kappa shape index (κ2) is 10.2. The Labute approximate surface area is 182 Å². The van der Waals surface area contributed by atoms with Crippen molar-refractivity contribution in [3.8, 4) is 5.75 Å². The highest BCUT2D eigenvalue weighted by Crippen LogP contribution is 2.27. The molecule has 1 amide bonds. The van der Waals surface area contributed by atoms with Crippen LogP contribution in [-0.2, 0) is 22.6 Å². The number of phenols is 1. The molecule has 0 bridgehead atoms. The molecule has 0 spiro atoms. The fourth-order valence-electron chi connectivity index (χ4n) is 3.08. The van der Waals surface area contributed by atoms with Crippen molar-refractivity contribution in [1.82, 2.24) is 5.32 Å². The summed E-state index contributed by atoms with van der Waals surface area (Å²) < 4.78 is 15.7. The number of furan rings is 1. The van der Waals surface area contributed by atoms with Gasteiger partial charge in [-0.2, -0.15) is 11.8 Å². The van der Waals surface area contributed by atoms with Gasteiger partial charge in [-0.15, -0.1) is 0 Å². The van der Waals surface area contributed by atoms with Gasteiger partial charge in [0.25, 0.3) is 5.91 Å². The summed E-state index contributed by atoms with van der Waals surface area (Å²) in [5, 5.41) is 13.2. The molecule has 1 aromatic carbocycles. The number of thioether (sulfide) groups is 1. The number of aryl methyl sites for hydroxylation is 1. The van der Waals surface area contributed by atoms with E-state index in [9.17, 15) is 19.5 Å². The SMILES string of the molecule is CCc1cc2c(COC(=O)C(CCSC)NC(=O)c3ccco3)cc(=O)oc2cc1O. The van der Waals surface area contributed by atoms with Gasteiger partial charge >= 0.3 is 11.6 Å². The molecule has 0 saturated carbocycles. The van der Waals surface area contributed by atoms with Crippen molar-refractivity contribution < 1.29 is 28.3 Å².